The normalized spacial score (nSPS) is 25.5. The summed E-state index contributed by atoms with van der Waals surface area (Å²) in [6, 6.07) is 0.156. The fourth-order valence-corrected chi connectivity index (χ4v) is 3.25. The maximum Gasteiger partial charge on any atom is 0.320 e. The van der Waals surface area contributed by atoms with Gasteiger partial charge in [0.2, 0.25) is 0 Å². The van der Waals surface area contributed by atoms with Crippen LogP contribution in [-0.2, 0) is 0 Å². The summed E-state index contributed by atoms with van der Waals surface area (Å²) in [5, 5.41) is 10.8. The summed E-state index contributed by atoms with van der Waals surface area (Å²) in [5.41, 5.74) is 1.27. The molecule has 2 saturated heterocycles. The van der Waals surface area contributed by atoms with E-state index in [1.807, 2.05) is 4.90 Å². The molecule has 3 fully saturated rings. The van der Waals surface area contributed by atoms with Gasteiger partial charge in [0.25, 0.3) is 5.91 Å². The highest BCUT2D eigenvalue weighted by Gasteiger charge is 2.41. The molecule has 1 atom stereocenters. The van der Waals surface area contributed by atoms with Crippen LogP contribution in [0, 0.1) is 0 Å². The molecule has 2 aliphatic heterocycles. The van der Waals surface area contributed by atoms with E-state index in [2.05, 4.69) is 15.4 Å². The van der Waals surface area contributed by atoms with Gasteiger partial charge in [0.15, 0.2) is 5.69 Å². The van der Waals surface area contributed by atoms with Crippen molar-refractivity contribution in [2.45, 2.75) is 24.8 Å². The average Bonchev–Trinajstić information content (AvgIpc) is 3.15. The third kappa shape index (κ3) is 1.97. The zero-order valence-electron chi connectivity index (χ0n) is 11.9. The number of aromatic amines is 1. The predicted molar refractivity (Wildman–Crippen MR) is 72.8 cm³/mol. The first-order valence-corrected chi connectivity index (χ1v) is 7.37. The fraction of sp³-hybridized carbons (Fsp3) is 0.692. The van der Waals surface area contributed by atoms with E-state index >= 15 is 0 Å². The van der Waals surface area contributed by atoms with Crippen LogP contribution in [0.5, 0.6) is 0 Å². The fourth-order valence-electron chi connectivity index (χ4n) is 3.25. The van der Waals surface area contributed by atoms with Gasteiger partial charge in [-0.1, -0.05) is 0 Å². The molecule has 8 nitrogen and oxygen atoms in total. The van der Waals surface area contributed by atoms with E-state index in [0.29, 0.717) is 37.8 Å². The molecule has 21 heavy (non-hydrogen) atoms. The minimum absolute atomic E-state index is 0.0622. The van der Waals surface area contributed by atoms with E-state index in [9.17, 15) is 9.59 Å². The number of fused-ring (bicyclic) bond motifs is 1. The predicted octanol–water partition coefficient (Wildman–Crippen LogP) is -0.126. The molecule has 3 aliphatic rings. The standard InChI is InChI=1S/C13H18N6O2/c1-17-6-9-7-18(4-5-19(9)13(17)21)12(20)11-10(8-2-3-8)14-16-15-11/h8-9H,2-7H2,1H3,(H,14,15,16). The van der Waals surface area contributed by atoms with Gasteiger partial charge in [-0.05, 0) is 12.8 Å². The van der Waals surface area contributed by atoms with Crippen LogP contribution in [-0.4, -0.2) is 81.3 Å². The van der Waals surface area contributed by atoms with Crippen LogP contribution in [0.25, 0.3) is 0 Å². The van der Waals surface area contributed by atoms with Crippen LogP contribution >= 0.6 is 0 Å². The Morgan fingerprint density at radius 3 is 2.81 bits per heavy atom. The highest BCUT2D eigenvalue weighted by atomic mass is 16.2. The van der Waals surface area contributed by atoms with Crippen molar-refractivity contribution in [3.05, 3.63) is 11.4 Å². The lowest BCUT2D eigenvalue weighted by Gasteiger charge is -2.36. The number of carbonyl (C=O) groups is 2. The van der Waals surface area contributed by atoms with Crippen molar-refractivity contribution in [2.24, 2.45) is 0 Å². The van der Waals surface area contributed by atoms with Gasteiger partial charge in [0.05, 0.1) is 11.7 Å². The molecule has 8 heteroatoms. The van der Waals surface area contributed by atoms with Gasteiger partial charge >= 0.3 is 6.03 Å². The van der Waals surface area contributed by atoms with E-state index in [1.165, 1.54) is 0 Å². The van der Waals surface area contributed by atoms with Crippen molar-refractivity contribution >= 4 is 11.9 Å². The van der Waals surface area contributed by atoms with Gasteiger partial charge in [-0.15, -0.1) is 0 Å². The highest BCUT2D eigenvalue weighted by Crippen LogP contribution is 2.40. The molecule has 1 saturated carbocycles. The van der Waals surface area contributed by atoms with Gasteiger partial charge < -0.3 is 14.7 Å². The molecule has 4 rings (SSSR count). The number of rotatable bonds is 2. The van der Waals surface area contributed by atoms with Crippen molar-refractivity contribution in [3.63, 3.8) is 0 Å². The molecular weight excluding hydrogens is 272 g/mol. The Morgan fingerprint density at radius 1 is 1.24 bits per heavy atom. The summed E-state index contributed by atoms with van der Waals surface area (Å²) in [7, 11) is 1.80. The lowest BCUT2D eigenvalue weighted by atomic mass is 10.1. The summed E-state index contributed by atoms with van der Waals surface area (Å²) >= 11 is 0. The molecule has 0 bridgehead atoms. The third-order valence-corrected chi connectivity index (χ3v) is 4.57. The lowest BCUT2D eigenvalue weighted by molar-refractivity contribution is 0.0610. The molecule has 1 aliphatic carbocycles. The van der Waals surface area contributed by atoms with Gasteiger partial charge in [0.1, 0.15) is 0 Å². The number of aromatic nitrogens is 3. The number of nitrogens with one attached hydrogen (secondary N) is 1. The second kappa shape index (κ2) is 4.44. The maximum atomic E-state index is 12.7. The van der Waals surface area contributed by atoms with E-state index in [4.69, 9.17) is 0 Å². The van der Waals surface area contributed by atoms with Crippen molar-refractivity contribution < 1.29 is 9.59 Å². The summed E-state index contributed by atoms with van der Waals surface area (Å²) in [6.45, 7) is 2.41. The van der Waals surface area contributed by atoms with Crippen LogP contribution in [0.4, 0.5) is 4.79 Å². The summed E-state index contributed by atoms with van der Waals surface area (Å²) in [4.78, 5) is 29.9. The first kappa shape index (κ1) is 12.6. The quantitative estimate of drug-likeness (QED) is 0.822. The molecule has 1 aromatic heterocycles. The maximum absolute atomic E-state index is 12.7. The number of H-pyrrole nitrogens is 1. The largest absolute Gasteiger partial charge is 0.333 e. The Hall–Kier alpha value is -2.12. The van der Waals surface area contributed by atoms with Gasteiger partial charge in [-0.2, -0.15) is 15.4 Å². The molecule has 0 radical (unpaired) electrons. The molecule has 1 unspecified atom stereocenters. The van der Waals surface area contributed by atoms with Crippen LogP contribution in [0.3, 0.4) is 0 Å². The molecule has 1 N–H and O–H groups in total. The number of carbonyl (C=O) groups excluding carboxylic acids is 2. The molecule has 0 spiro atoms. The molecule has 0 aromatic carbocycles. The monoisotopic (exact) mass is 290 g/mol. The smallest absolute Gasteiger partial charge is 0.320 e. The van der Waals surface area contributed by atoms with E-state index < -0.39 is 0 Å². The Labute approximate surface area is 122 Å². The van der Waals surface area contributed by atoms with E-state index in [1.54, 1.807) is 16.8 Å². The number of piperazine rings is 1. The second-order valence-corrected chi connectivity index (χ2v) is 6.09. The van der Waals surface area contributed by atoms with Crippen molar-refractivity contribution in [2.75, 3.05) is 33.2 Å². The number of hydrogen-bond donors (Lipinski definition) is 1. The number of nitrogens with zero attached hydrogens (tertiary/aromatic N) is 5. The Morgan fingerprint density at radius 2 is 2.05 bits per heavy atom. The number of amides is 3. The van der Waals surface area contributed by atoms with Crippen LogP contribution in [0.1, 0.15) is 34.9 Å². The van der Waals surface area contributed by atoms with Crippen LogP contribution in [0.2, 0.25) is 0 Å². The van der Waals surface area contributed by atoms with Crippen molar-refractivity contribution in [1.29, 1.82) is 0 Å². The Kier molecular flexibility index (Phi) is 2.66. The molecule has 3 heterocycles. The summed E-state index contributed by atoms with van der Waals surface area (Å²) in [6.07, 6.45) is 2.17. The zero-order valence-corrected chi connectivity index (χ0v) is 11.9. The topological polar surface area (TPSA) is 85.4 Å². The van der Waals surface area contributed by atoms with Gasteiger partial charge in [0, 0.05) is 39.1 Å². The van der Waals surface area contributed by atoms with Crippen molar-refractivity contribution in [1.82, 2.24) is 30.1 Å². The first-order valence-electron chi connectivity index (χ1n) is 7.37. The SMILES string of the molecule is CN1CC2CN(C(=O)c3n[nH]nc3C3CC3)CCN2C1=O. The van der Waals surface area contributed by atoms with Crippen molar-refractivity contribution in [3.8, 4) is 0 Å². The van der Waals surface area contributed by atoms with E-state index in [0.717, 1.165) is 18.5 Å². The number of urea groups is 1. The number of hydrogen-bond acceptors (Lipinski definition) is 4. The molecule has 1 aromatic rings. The van der Waals surface area contributed by atoms with Crippen LogP contribution < -0.4 is 0 Å². The molecule has 3 amide bonds. The molecular formula is C13H18N6O2. The summed E-state index contributed by atoms with van der Waals surface area (Å²) in [5.74, 6) is 0.329. The third-order valence-electron chi connectivity index (χ3n) is 4.57. The minimum Gasteiger partial charge on any atom is -0.333 e. The van der Waals surface area contributed by atoms with Gasteiger partial charge in [-0.3, -0.25) is 4.79 Å². The molecule has 112 valence electrons. The van der Waals surface area contributed by atoms with Gasteiger partial charge in [-0.25, -0.2) is 4.79 Å². The zero-order chi connectivity index (χ0) is 14.6. The number of likely N-dealkylation sites (N-methyl/N-ethyl adjacent to an activating group) is 1. The first-order chi connectivity index (χ1) is 10.1. The van der Waals surface area contributed by atoms with Crippen LogP contribution in [0.15, 0.2) is 0 Å². The lowest BCUT2D eigenvalue weighted by Crippen LogP contribution is -2.53. The Balaban J connectivity index is 1.51. The van der Waals surface area contributed by atoms with E-state index in [-0.39, 0.29) is 18.0 Å². The second-order valence-electron chi connectivity index (χ2n) is 6.09. The minimum atomic E-state index is -0.0627. The Bertz CT molecular complexity index is 595. The highest BCUT2D eigenvalue weighted by molar-refractivity contribution is 5.94. The average molecular weight is 290 g/mol. The summed E-state index contributed by atoms with van der Waals surface area (Å²) < 4.78 is 0.